The van der Waals surface area contributed by atoms with Gasteiger partial charge in [-0.3, -0.25) is 9.59 Å². The summed E-state index contributed by atoms with van der Waals surface area (Å²) in [5, 5.41) is 7.62. The molecule has 0 fully saturated rings. The Balaban J connectivity index is 1.30. The van der Waals surface area contributed by atoms with Crippen molar-refractivity contribution in [2.24, 2.45) is 0 Å². The van der Waals surface area contributed by atoms with E-state index >= 15 is 0 Å². The van der Waals surface area contributed by atoms with Crippen LogP contribution in [0.4, 0.5) is 15.2 Å². The van der Waals surface area contributed by atoms with Gasteiger partial charge >= 0.3 is 0 Å². The van der Waals surface area contributed by atoms with E-state index in [-0.39, 0.29) is 11.5 Å². The van der Waals surface area contributed by atoms with E-state index in [1.165, 1.54) is 46.9 Å². The van der Waals surface area contributed by atoms with Gasteiger partial charge in [-0.15, -0.1) is 23.1 Å². The number of hydrogen-bond acceptors (Lipinski definition) is 5. The maximum Gasteiger partial charge on any atom is 0.258 e. The molecule has 1 heterocycles. The molecule has 8 heteroatoms. The van der Waals surface area contributed by atoms with Gasteiger partial charge in [0.1, 0.15) is 11.1 Å². The summed E-state index contributed by atoms with van der Waals surface area (Å²) in [6.07, 6.45) is 0. The van der Waals surface area contributed by atoms with Crippen molar-refractivity contribution in [3.63, 3.8) is 0 Å². The van der Waals surface area contributed by atoms with Crippen LogP contribution in [0.25, 0.3) is 11.3 Å². The number of aryl methyl sites for hydroxylation is 1. The Bertz CT molecular complexity index is 1590. The van der Waals surface area contributed by atoms with Crippen molar-refractivity contribution in [1.82, 2.24) is 4.98 Å². The number of nitrogens with one attached hydrogen (secondary N) is 2. The van der Waals surface area contributed by atoms with Crippen LogP contribution in [0.15, 0.2) is 113 Å². The highest BCUT2D eigenvalue weighted by molar-refractivity contribution is 8.00. The summed E-state index contributed by atoms with van der Waals surface area (Å²) in [4.78, 5) is 31.3. The zero-order valence-corrected chi connectivity index (χ0v) is 22.6. The molecule has 4 aromatic carbocycles. The average molecular weight is 554 g/mol. The highest BCUT2D eigenvalue weighted by Crippen LogP contribution is 2.37. The van der Waals surface area contributed by atoms with Crippen molar-refractivity contribution in [3.8, 4) is 11.3 Å². The molecule has 5 nitrogen and oxygen atoms in total. The first-order valence-electron chi connectivity index (χ1n) is 12.2. The lowest BCUT2D eigenvalue weighted by Gasteiger charge is -2.16. The summed E-state index contributed by atoms with van der Waals surface area (Å²) in [6.45, 7) is 2.04. The van der Waals surface area contributed by atoms with Gasteiger partial charge in [-0.25, -0.2) is 9.37 Å². The second-order valence-corrected chi connectivity index (χ2v) is 10.8. The lowest BCUT2D eigenvalue weighted by atomic mass is 10.1. The molecule has 0 saturated heterocycles. The summed E-state index contributed by atoms with van der Waals surface area (Å²) >= 11 is 2.78. The van der Waals surface area contributed by atoms with Crippen LogP contribution in [0.3, 0.4) is 0 Å². The van der Waals surface area contributed by atoms with E-state index in [0.717, 1.165) is 21.7 Å². The lowest BCUT2D eigenvalue weighted by molar-refractivity contribution is -0.115. The molecule has 2 amide bonds. The molecule has 0 radical (unpaired) electrons. The Morgan fingerprint density at radius 3 is 2.26 bits per heavy atom. The number of halogens is 1. The largest absolute Gasteiger partial charge is 0.322 e. The monoisotopic (exact) mass is 553 g/mol. The summed E-state index contributed by atoms with van der Waals surface area (Å²) in [7, 11) is 0. The number of carbonyl (C=O) groups excluding carboxylic acids is 2. The predicted molar refractivity (Wildman–Crippen MR) is 157 cm³/mol. The number of nitrogens with zero attached hydrogens (tertiary/aromatic N) is 1. The molecule has 39 heavy (non-hydrogen) atoms. The number of hydrogen-bond donors (Lipinski definition) is 2. The van der Waals surface area contributed by atoms with Crippen LogP contribution in [0.1, 0.15) is 26.7 Å². The molecular formula is C31H24FN3O2S2. The molecule has 0 spiro atoms. The standard InChI is InChI=1S/C31H24FN3O2S2/c1-20-11-13-21(14-12-20)27-19-38-31(34-27)35-30(37)28(22-7-3-2-4-8-22)39-24-17-15-23(16-18-24)33-29(36)25-9-5-6-10-26(25)32/h2-19,28H,1H3,(H,33,36)(H,34,35,37). The Hall–Kier alpha value is -4.27. The highest BCUT2D eigenvalue weighted by atomic mass is 32.2. The average Bonchev–Trinajstić information content (AvgIpc) is 3.42. The molecule has 0 saturated carbocycles. The topological polar surface area (TPSA) is 71.1 Å². The molecule has 0 aliphatic heterocycles. The fraction of sp³-hybridized carbons (Fsp3) is 0.0645. The number of thiazole rings is 1. The smallest absolute Gasteiger partial charge is 0.258 e. The van der Waals surface area contributed by atoms with Crippen molar-refractivity contribution >= 4 is 45.7 Å². The van der Waals surface area contributed by atoms with Crippen molar-refractivity contribution in [1.29, 1.82) is 0 Å². The Kier molecular flexibility index (Phi) is 8.15. The van der Waals surface area contributed by atoms with Gasteiger partial charge in [0, 0.05) is 21.5 Å². The Morgan fingerprint density at radius 2 is 1.54 bits per heavy atom. The molecule has 0 aliphatic rings. The zero-order chi connectivity index (χ0) is 27.2. The zero-order valence-electron chi connectivity index (χ0n) is 20.9. The van der Waals surface area contributed by atoms with E-state index in [0.29, 0.717) is 10.8 Å². The van der Waals surface area contributed by atoms with E-state index in [1.54, 1.807) is 18.2 Å². The van der Waals surface area contributed by atoms with Crippen molar-refractivity contribution < 1.29 is 14.0 Å². The van der Waals surface area contributed by atoms with Gasteiger partial charge in [-0.05, 0) is 48.9 Å². The molecule has 1 atom stereocenters. The van der Waals surface area contributed by atoms with Gasteiger partial charge in [-0.2, -0.15) is 0 Å². The van der Waals surface area contributed by atoms with Crippen LogP contribution in [-0.2, 0) is 4.79 Å². The first-order chi connectivity index (χ1) is 19.0. The fourth-order valence-corrected chi connectivity index (χ4v) is 5.60. The van der Waals surface area contributed by atoms with Crippen LogP contribution >= 0.6 is 23.1 Å². The van der Waals surface area contributed by atoms with Gasteiger partial charge in [0.15, 0.2) is 5.13 Å². The molecule has 5 rings (SSSR count). The van der Waals surface area contributed by atoms with Crippen LogP contribution in [0.2, 0.25) is 0 Å². The molecule has 194 valence electrons. The molecule has 0 aliphatic carbocycles. The minimum Gasteiger partial charge on any atom is -0.322 e. The third-order valence-corrected chi connectivity index (χ3v) is 7.93. The number of aromatic nitrogens is 1. The molecular weight excluding hydrogens is 529 g/mol. The number of benzene rings is 4. The number of amides is 2. The van der Waals surface area contributed by atoms with Crippen molar-refractivity contribution in [2.45, 2.75) is 17.1 Å². The van der Waals surface area contributed by atoms with E-state index in [4.69, 9.17) is 0 Å². The van der Waals surface area contributed by atoms with Crippen LogP contribution < -0.4 is 10.6 Å². The maximum atomic E-state index is 13.9. The molecule has 5 aromatic rings. The first-order valence-corrected chi connectivity index (χ1v) is 13.9. The normalized spacial score (nSPS) is 11.5. The number of anilines is 2. The summed E-state index contributed by atoms with van der Waals surface area (Å²) < 4.78 is 13.9. The van der Waals surface area contributed by atoms with Crippen LogP contribution in [0, 0.1) is 12.7 Å². The van der Waals surface area contributed by atoms with Crippen molar-refractivity contribution in [2.75, 3.05) is 10.6 Å². The quantitative estimate of drug-likeness (QED) is 0.191. The molecule has 1 unspecified atom stereocenters. The number of rotatable bonds is 8. The third kappa shape index (κ3) is 6.60. The van der Waals surface area contributed by atoms with E-state index in [1.807, 2.05) is 79.0 Å². The minimum atomic E-state index is -0.579. The third-order valence-electron chi connectivity index (χ3n) is 5.91. The van der Waals surface area contributed by atoms with Gasteiger partial charge in [0.2, 0.25) is 5.91 Å². The summed E-state index contributed by atoms with van der Waals surface area (Å²) in [6, 6.07) is 30.6. The predicted octanol–water partition coefficient (Wildman–Crippen LogP) is 7.98. The SMILES string of the molecule is Cc1ccc(-c2csc(NC(=O)C(Sc3ccc(NC(=O)c4ccccc4F)cc3)c3ccccc3)n2)cc1. The summed E-state index contributed by atoms with van der Waals surface area (Å²) in [5.41, 5.74) is 4.34. The van der Waals surface area contributed by atoms with Gasteiger partial charge in [-0.1, -0.05) is 72.3 Å². The van der Waals surface area contributed by atoms with Crippen LogP contribution in [0.5, 0.6) is 0 Å². The first kappa shape index (κ1) is 26.3. The maximum absolute atomic E-state index is 13.9. The molecule has 1 aromatic heterocycles. The van der Waals surface area contributed by atoms with Gasteiger partial charge in [0.25, 0.3) is 5.91 Å². The van der Waals surface area contributed by atoms with E-state index in [2.05, 4.69) is 15.6 Å². The van der Waals surface area contributed by atoms with Crippen molar-refractivity contribution in [3.05, 3.63) is 131 Å². The second kappa shape index (κ2) is 12.1. The fourth-order valence-electron chi connectivity index (χ4n) is 3.86. The minimum absolute atomic E-state index is 0.0236. The lowest BCUT2D eigenvalue weighted by Crippen LogP contribution is -2.19. The molecule has 0 bridgehead atoms. The van der Waals surface area contributed by atoms with Gasteiger partial charge in [0.05, 0.1) is 11.3 Å². The second-order valence-electron chi connectivity index (χ2n) is 8.76. The molecule has 2 N–H and O–H groups in total. The van der Waals surface area contributed by atoms with Crippen LogP contribution in [-0.4, -0.2) is 16.8 Å². The Morgan fingerprint density at radius 1 is 0.846 bits per heavy atom. The Labute approximate surface area is 234 Å². The highest BCUT2D eigenvalue weighted by Gasteiger charge is 2.23. The van der Waals surface area contributed by atoms with E-state index < -0.39 is 17.0 Å². The number of carbonyl (C=O) groups is 2. The van der Waals surface area contributed by atoms with Gasteiger partial charge < -0.3 is 10.6 Å². The number of thioether (sulfide) groups is 1. The summed E-state index contributed by atoms with van der Waals surface area (Å²) in [5.74, 6) is -1.29. The van der Waals surface area contributed by atoms with E-state index in [9.17, 15) is 14.0 Å².